The maximum absolute atomic E-state index is 12.4. The molecule has 3 fully saturated rings. The molecule has 3 aliphatic carbocycles. The number of esters is 1. The monoisotopic (exact) mass is 372 g/mol. The van der Waals surface area contributed by atoms with Crippen molar-refractivity contribution in [2.75, 3.05) is 14.2 Å². The number of hydrogen-bond donors (Lipinski definition) is 2. The number of rotatable bonds is 5. The van der Waals surface area contributed by atoms with E-state index in [0.717, 1.165) is 29.7 Å². The molecule has 5 unspecified atom stereocenters. The molecule has 3 saturated carbocycles. The first kappa shape index (κ1) is 18.1. The Morgan fingerprint density at radius 3 is 2.70 bits per heavy atom. The second-order valence-electron chi connectivity index (χ2n) is 8.11. The molecule has 27 heavy (non-hydrogen) atoms. The van der Waals surface area contributed by atoms with E-state index in [2.05, 4.69) is 10.6 Å². The Balaban J connectivity index is 1.33. The molecule has 3 aliphatic rings. The Morgan fingerprint density at radius 2 is 1.93 bits per heavy atom. The van der Waals surface area contributed by atoms with E-state index in [9.17, 15) is 9.59 Å². The summed E-state index contributed by atoms with van der Waals surface area (Å²) in [6.07, 6.45) is 6.52. The van der Waals surface area contributed by atoms with Gasteiger partial charge in [0.25, 0.3) is 0 Å². The molecule has 1 aromatic rings. The van der Waals surface area contributed by atoms with E-state index in [1.54, 1.807) is 12.1 Å². The van der Waals surface area contributed by atoms with Gasteiger partial charge in [-0.2, -0.15) is 0 Å². The fraction of sp³-hybridized carbons (Fsp3) is 0.619. The van der Waals surface area contributed by atoms with Crippen molar-refractivity contribution in [1.82, 2.24) is 10.6 Å². The second-order valence-corrected chi connectivity index (χ2v) is 8.11. The van der Waals surface area contributed by atoms with Crippen molar-refractivity contribution in [3.05, 3.63) is 29.3 Å². The van der Waals surface area contributed by atoms with Gasteiger partial charge in [-0.25, -0.2) is 9.59 Å². The van der Waals surface area contributed by atoms with Crippen molar-refractivity contribution in [1.29, 1.82) is 0 Å². The van der Waals surface area contributed by atoms with Crippen molar-refractivity contribution in [2.45, 2.75) is 44.7 Å². The average molecular weight is 372 g/mol. The van der Waals surface area contributed by atoms with Crippen molar-refractivity contribution in [3.8, 4) is 5.75 Å². The van der Waals surface area contributed by atoms with Crippen LogP contribution < -0.4 is 15.4 Å². The van der Waals surface area contributed by atoms with E-state index in [1.807, 2.05) is 6.07 Å². The number of ether oxygens (including phenoxy) is 2. The fourth-order valence-corrected chi connectivity index (χ4v) is 5.77. The predicted octanol–water partition coefficient (Wildman–Crippen LogP) is 3.11. The Kier molecular flexibility index (Phi) is 4.98. The third kappa shape index (κ3) is 3.37. The number of urea groups is 1. The molecule has 6 heteroatoms. The van der Waals surface area contributed by atoms with Gasteiger partial charge in [-0.3, -0.25) is 0 Å². The Morgan fingerprint density at radius 1 is 1.11 bits per heavy atom. The minimum absolute atomic E-state index is 0.127. The molecule has 2 amide bonds. The van der Waals surface area contributed by atoms with Crippen LogP contribution in [0.25, 0.3) is 0 Å². The van der Waals surface area contributed by atoms with Gasteiger partial charge >= 0.3 is 12.0 Å². The first-order chi connectivity index (χ1) is 13.1. The number of carbonyl (C=O) groups excluding carboxylic acids is 2. The molecule has 6 nitrogen and oxygen atoms in total. The number of hydrogen-bond acceptors (Lipinski definition) is 4. The summed E-state index contributed by atoms with van der Waals surface area (Å²) in [6, 6.07) is 5.45. The number of nitrogens with one attached hydrogen (secondary N) is 2. The molecule has 1 aromatic carbocycles. The lowest BCUT2D eigenvalue weighted by atomic mass is 9.79. The van der Waals surface area contributed by atoms with Crippen molar-refractivity contribution < 1.29 is 19.1 Å². The van der Waals surface area contributed by atoms with Gasteiger partial charge in [0.15, 0.2) is 0 Å². The van der Waals surface area contributed by atoms with E-state index in [-0.39, 0.29) is 6.03 Å². The van der Waals surface area contributed by atoms with E-state index < -0.39 is 5.97 Å². The molecule has 146 valence electrons. The first-order valence-corrected chi connectivity index (χ1v) is 9.90. The van der Waals surface area contributed by atoms with Gasteiger partial charge in [-0.05, 0) is 67.1 Å². The van der Waals surface area contributed by atoms with Crippen molar-refractivity contribution in [3.63, 3.8) is 0 Å². The highest BCUT2D eigenvalue weighted by Gasteiger charge is 2.54. The predicted molar refractivity (Wildman–Crippen MR) is 101 cm³/mol. The standard InChI is InChI=1S/C21H28N2O4/c1-26-19-7-6-12(8-17(19)20(24)27-2)11-22-21(25)23-18-10-13-9-16(18)15-5-3-4-14(13)15/h6-8,13-16,18H,3-5,9-11H2,1-2H3,(H2,22,23,25). The van der Waals surface area contributed by atoms with Crippen molar-refractivity contribution >= 4 is 12.0 Å². The average Bonchev–Trinajstić information content (AvgIpc) is 3.39. The summed E-state index contributed by atoms with van der Waals surface area (Å²) in [4.78, 5) is 24.3. The first-order valence-electron chi connectivity index (χ1n) is 9.90. The van der Waals surface area contributed by atoms with Gasteiger partial charge in [-0.1, -0.05) is 12.5 Å². The Bertz CT molecular complexity index is 735. The van der Waals surface area contributed by atoms with E-state index in [1.165, 1.54) is 39.9 Å². The lowest BCUT2D eigenvalue weighted by Crippen LogP contribution is -2.46. The van der Waals surface area contributed by atoms with Crippen LogP contribution >= 0.6 is 0 Å². The van der Waals surface area contributed by atoms with Crippen LogP contribution in [0.5, 0.6) is 5.75 Å². The summed E-state index contributed by atoms with van der Waals surface area (Å²) < 4.78 is 9.99. The van der Waals surface area contributed by atoms with Crippen LogP contribution in [0.15, 0.2) is 18.2 Å². The van der Waals surface area contributed by atoms with Gasteiger partial charge in [0, 0.05) is 12.6 Å². The summed E-state index contributed by atoms with van der Waals surface area (Å²) in [5.41, 5.74) is 1.19. The van der Waals surface area contributed by atoms with Crippen LogP contribution in [0.4, 0.5) is 4.79 Å². The summed E-state index contributed by atoms with van der Waals surface area (Å²) in [6.45, 7) is 0.354. The number of benzene rings is 1. The minimum Gasteiger partial charge on any atom is -0.496 e. The molecule has 0 aromatic heterocycles. The summed E-state index contributed by atoms with van der Waals surface area (Å²) >= 11 is 0. The van der Waals surface area contributed by atoms with Gasteiger partial charge in [0.1, 0.15) is 11.3 Å². The molecule has 0 aliphatic heterocycles. The summed E-state index contributed by atoms with van der Waals surface area (Å²) in [7, 11) is 2.85. The zero-order valence-electron chi connectivity index (χ0n) is 16.0. The smallest absolute Gasteiger partial charge is 0.341 e. The minimum atomic E-state index is -0.453. The van der Waals surface area contributed by atoms with Crippen LogP contribution in [-0.2, 0) is 11.3 Å². The quantitative estimate of drug-likeness (QED) is 0.779. The van der Waals surface area contributed by atoms with Crippen LogP contribution in [0.1, 0.15) is 48.0 Å². The largest absolute Gasteiger partial charge is 0.496 e. The van der Waals surface area contributed by atoms with Crippen LogP contribution in [0.2, 0.25) is 0 Å². The molecule has 2 N–H and O–H groups in total. The van der Waals surface area contributed by atoms with Gasteiger partial charge < -0.3 is 20.1 Å². The van der Waals surface area contributed by atoms with Crippen LogP contribution in [-0.4, -0.2) is 32.3 Å². The van der Waals surface area contributed by atoms with E-state index >= 15 is 0 Å². The molecule has 5 atom stereocenters. The third-order valence-electron chi connectivity index (χ3n) is 6.87. The maximum atomic E-state index is 12.4. The highest BCUT2D eigenvalue weighted by atomic mass is 16.5. The summed E-state index contributed by atoms with van der Waals surface area (Å²) in [5, 5.41) is 6.12. The number of carbonyl (C=O) groups is 2. The van der Waals surface area contributed by atoms with E-state index in [0.29, 0.717) is 29.8 Å². The Labute approximate surface area is 160 Å². The second kappa shape index (κ2) is 7.41. The van der Waals surface area contributed by atoms with Gasteiger partial charge in [0.05, 0.1) is 14.2 Å². The summed E-state index contributed by atoms with van der Waals surface area (Å²) in [5.74, 6) is 3.25. The van der Waals surface area contributed by atoms with Crippen LogP contribution in [0.3, 0.4) is 0 Å². The number of methoxy groups -OCH3 is 2. The Hall–Kier alpha value is -2.24. The maximum Gasteiger partial charge on any atom is 0.341 e. The van der Waals surface area contributed by atoms with E-state index in [4.69, 9.17) is 9.47 Å². The molecular formula is C21H28N2O4. The molecule has 0 heterocycles. The molecule has 2 bridgehead atoms. The SMILES string of the molecule is COC(=O)c1cc(CNC(=O)NC2CC3CC2C2CCCC32)ccc1OC. The lowest BCUT2D eigenvalue weighted by molar-refractivity contribution is 0.0597. The number of fused-ring (bicyclic) bond motifs is 5. The molecule has 4 rings (SSSR count). The highest BCUT2D eigenvalue weighted by Crippen LogP contribution is 2.58. The van der Waals surface area contributed by atoms with Crippen molar-refractivity contribution in [2.24, 2.45) is 23.7 Å². The third-order valence-corrected chi connectivity index (χ3v) is 6.87. The molecule has 0 saturated heterocycles. The molecule has 0 spiro atoms. The zero-order chi connectivity index (χ0) is 19.0. The topological polar surface area (TPSA) is 76.7 Å². The van der Waals surface area contributed by atoms with Gasteiger partial charge in [0.2, 0.25) is 0 Å². The van der Waals surface area contributed by atoms with Gasteiger partial charge in [-0.15, -0.1) is 0 Å². The van der Waals surface area contributed by atoms with Crippen LogP contribution in [0, 0.1) is 23.7 Å². The molecular weight excluding hydrogens is 344 g/mol. The molecule has 0 radical (unpaired) electrons. The lowest BCUT2D eigenvalue weighted by Gasteiger charge is -2.32. The normalized spacial score (nSPS) is 30.7. The number of amides is 2. The highest BCUT2D eigenvalue weighted by molar-refractivity contribution is 5.92. The zero-order valence-corrected chi connectivity index (χ0v) is 16.0. The fourth-order valence-electron chi connectivity index (χ4n) is 5.77.